The van der Waals surface area contributed by atoms with Crippen molar-refractivity contribution in [1.82, 2.24) is 5.32 Å². The molecule has 1 aliphatic heterocycles. The lowest BCUT2D eigenvalue weighted by molar-refractivity contribution is -0.122. The Bertz CT molecular complexity index is 786. The lowest BCUT2D eigenvalue weighted by Gasteiger charge is -2.38. The monoisotopic (exact) mass is 357 g/mol. The van der Waals surface area contributed by atoms with Gasteiger partial charge in [0.05, 0.1) is 13.2 Å². The highest BCUT2D eigenvalue weighted by molar-refractivity contribution is 5.77. The van der Waals surface area contributed by atoms with E-state index in [1.54, 1.807) is 19.2 Å². The third kappa shape index (κ3) is 4.34. The minimum absolute atomic E-state index is 0.0289. The third-order valence-electron chi connectivity index (χ3n) is 4.57. The molecule has 1 atom stereocenters. The van der Waals surface area contributed by atoms with Crippen molar-refractivity contribution in [3.63, 3.8) is 0 Å². The zero-order valence-corrected chi connectivity index (χ0v) is 15.3. The predicted molar refractivity (Wildman–Crippen MR) is 97.9 cm³/mol. The molecule has 3 rings (SSSR count). The Morgan fingerprint density at radius 2 is 2.00 bits per heavy atom. The van der Waals surface area contributed by atoms with E-state index >= 15 is 0 Å². The van der Waals surface area contributed by atoms with Gasteiger partial charge in [-0.15, -0.1) is 0 Å². The topological polar surface area (TPSA) is 47.6 Å². The summed E-state index contributed by atoms with van der Waals surface area (Å²) in [4.78, 5) is 12.4. The largest absolute Gasteiger partial charge is 0.497 e. The van der Waals surface area contributed by atoms with Crippen LogP contribution in [0.5, 0.6) is 11.5 Å². The van der Waals surface area contributed by atoms with Gasteiger partial charge in [0, 0.05) is 24.5 Å². The quantitative estimate of drug-likeness (QED) is 0.873. The molecule has 2 aromatic rings. The number of carbonyl (C=O) groups is 1. The van der Waals surface area contributed by atoms with Crippen molar-refractivity contribution < 1.29 is 18.7 Å². The lowest BCUT2D eigenvalue weighted by Crippen LogP contribution is -2.41. The van der Waals surface area contributed by atoms with Crippen LogP contribution < -0.4 is 14.8 Å². The maximum Gasteiger partial charge on any atom is 0.220 e. The number of aryl methyl sites for hydroxylation is 1. The number of hydrogen-bond donors (Lipinski definition) is 1. The molecule has 1 aliphatic rings. The molecule has 1 unspecified atom stereocenters. The van der Waals surface area contributed by atoms with Gasteiger partial charge in [-0.2, -0.15) is 0 Å². The van der Waals surface area contributed by atoms with Crippen LogP contribution in [0.2, 0.25) is 0 Å². The molecule has 1 heterocycles. The van der Waals surface area contributed by atoms with E-state index in [9.17, 15) is 9.18 Å². The van der Waals surface area contributed by atoms with Crippen LogP contribution in [0.15, 0.2) is 42.5 Å². The molecule has 0 spiro atoms. The summed E-state index contributed by atoms with van der Waals surface area (Å²) < 4.78 is 24.3. The van der Waals surface area contributed by atoms with Gasteiger partial charge in [-0.1, -0.05) is 12.1 Å². The first-order valence-electron chi connectivity index (χ1n) is 8.77. The Hall–Kier alpha value is -2.56. The van der Waals surface area contributed by atoms with E-state index in [1.807, 2.05) is 32.0 Å². The first-order valence-corrected chi connectivity index (χ1v) is 8.77. The van der Waals surface area contributed by atoms with Gasteiger partial charge in [-0.3, -0.25) is 4.79 Å². The van der Waals surface area contributed by atoms with Crippen LogP contribution in [-0.2, 0) is 11.2 Å². The van der Waals surface area contributed by atoms with Crippen LogP contribution in [-0.4, -0.2) is 18.6 Å². The van der Waals surface area contributed by atoms with Gasteiger partial charge >= 0.3 is 0 Å². The zero-order valence-electron chi connectivity index (χ0n) is 15.3. The van der Waals surface area contributed by atoms with E-state index in [1.165, 1.54) is 12.1 Å². The van der Waals surface area contributed by atoms with E-state index in [0.29, 0.717) is 19.3 Å². The van der Waals surface area contributed by atoms with E-state index in [-0.39, 0.29) is 23.4 Å². The van der Waals surface area contributed by atoms with Gasteiger partial charge in [-0.05, 0) is 50.1 Å². The van der Waals surface area contributed by atoms with Crippen LogP contribution in [0.3, 0.4) is 0 Å². The number of methoxy groups -OCH3 is 1. The van der Waals surface area contributed by atoms with Crippen LogP contribution in [0.25, 0.3) is 0 Å². The Kier molecular flexibility index (Phi) is 5.16. The fraction of sp³-hybridized carbons (Fsp3) is 0.381. The molecule has 0 saturated carbocycles. The number of nitrogens with one attached hydrogen (secondary N) is 1. The van der Waals surface area contributed by atoms with Gasteiger partial charge in [0.1, 0.15) is 22.9 Å². The number of benzene rings is 2. The second kappa shape index (κ2) is 7.36. The molecule has 0 bridgehead atoms. The minimum Gasteiger partial charge on any atom is -0.497 e. The number of halogens is 1. The summed E-state index contributed by atoms with van der Waals surface area (Å²) in [6, 6.07) is 11.8. The summed E-state index contributed by atoms with van der Waals surface area (Å²) in [5.41, 5.74) is 1.52. The van der Waals surface area contributed by atoms with E-state index in [2.05, 4.69) is 5.32 Å². The first-order chi connectivity index (χ1) is 12.4. The van der Waals surface area contributed by atoms with E-state index in [0.717, 1.165) is 22.6 Å². The average Bonchev–Trinajstić information content (AvgIpc) is 2.59. The smallest absolute Gasteiger partial charge is 0.220 e. The van der Waals surface area contributed by atoms with Crippen molar-refractivity contribution in [2.24, 2.45) is 0 Å². The average molecular weight is 357 g/mol. The summed E-state index contributed by atoms with van der Waals surface area (Å²) >= 11 is 0. The summed E-state index contributed by atoms with van der Waals surface area (Å²) in [7, 11) is 1.62. The molecule has 0 saturated heterocycles. The van der Waals surface area contributed by atoms with Crippen molar-refractivity contribution in [3.05, 3.63) is 59.4 Å². The molecule has 1 N–H and O–H groups in total. The Balaban J connectivity index is 1.68. The summed E-state index contributed by atoms with van der Waals surface area (Å²) in [6.07, 6.45) is 1.62. The van der Waals surface area contributed by atoms with Crippen LogP contribution in [0.1, 0.15) is 43.9 Å². The second-order valence-corrected chi connectivity index (χ2v) is 7.22. The number of fused-ring (bicyclic) bond motifs is 1. The SMILES string of the molecule is COc1ccc2c(c1)OC(C)(C)CC2NC(=O)CCc1ccc(F)cc1. The molecule has 0 fully saturated rings. The van der Waals surface area contributed by atoms with Gasteiger partial charge in [0.15, 0.2) is 0 Å². The predicted octanol–water partition coefficient (Wildman–Crippen LogP) is 4.19. The number of hydrogen-bond acceptors (Lipinski definition) is 3. The maximum absolute atomic E-state index is 13.0. The Morgan fingerprint density at radius 3 is 2.69 bits per heavy atom. The molecule has 138 valence electrons. The van der Waals surface area contributed by atoms with Crippen molar-refractivity contribution in [2.45, 2.75) is 44.8 Å². The van der Waals surface area contributed by atoms with Crippen molar-refractivity contribution in [2.75, 3.05) is 7.11 Å². The van der Waals surface area contributed by atoms with Gasteiger partial charge < -0.3 is 14.8 Å². The van der Waals surface area contributed by atoms with Crippen LogP contribution >= 0.6 is 0 Å². The second-order valence-electron chi connectivity index (χ2n) is 7.22. The molecular formula is C21H24FNO3. The van der Waals surface area contributed by atoms with Crippen LogP contribution in [0, 0.1) is 5.82 Å². The number of rotatable bonds is 5. The molecule has 0 aliphatic carbocycles. The molecule has 2 aromatic carbocycles. The highest BCUT2D eigenvalue weighted by atomic mass is 19.1. The van der Waals surface area contributed by atoms with Crippen LogP contribution in [0.4, 0.5) is 4.39 Å². The summed E-state index contributed by atoms with van der Waals surface area (Å²) in [6.45, 7) is 4.01. The maximum atomic E-state index is 13.0. The van der Waals surface area contributed by atoms with E-state index in [4.69, 9.17) is 9.47 Å². The van der Waals surface area contributed by atoms with Crippen molar-refractivity contribution >= 4 is 5.91 Å². The molecule has 26 heavy (non-hydrogen) atoms. The normalized spacial score (nSPS) is 17.8. The summed E-state index contributed by atoms with van der Waals surface area (Å²) in [5.74, 6) is 1.17. The van der Waals surface area contributed by atoms with Gasteiger partial charge in [-0.25, -0.2) is 4.39 Å². The highest BCUT2D eigenvalue weighted by Gasteiger charge is 2.34. The van der Waals surface area contributed by atoms with Crippen molar-refractivity contribution in [3.8, 4) is 11.5 Å². The van der Waals surface area contributed by atoms with Gasteiger partial charge in [0.25, 0.3) is 0 Å². The molecule has 1 amide bonds. The Morgan fingerprint density at radius 1 is 1.27 bits per heavy atom. The fourth-order valence-corrected chi connectivity index (χ4v) is 3.26. The molecule has 0 radical (unpaired) electrons. The Labute approximate surface area is 153 Å². The zero-order chi connectivity index (χ0) is 18.7. The molecule has 4 nitrogen and oxygen atoms in total. The third-order valence-corrected chi connectivity index (χ3v) is 4.57. The number of carbonyl (C=O) groups excluding carboxylic acids is 1. The fourth-order valence-electron chi connectivity index (χ4n) is 3.26. The standard InChI is InChI=1S/C21H24FNO3/c1-21(2)13-18(17-10-9-16(25-3)12-19(17)26-21)23-20(24)11-6-14-4-7-15(22)8-5-14/h4-5,7-10,12,18H,6,11,13H2,1-3H3,(H,23,24). The summed E-state index contributed by atoms with van der Waals surface area (Å²) in [5, 5.41) is 3.12. The minimum atomic E-state index is -0.381. The first kappa shape index (κ1) is 18.2. The molecule has 0 aromatic heterocycles. The number of amides is 1. The molecule has 5 heteroatoms. The molecular weight excluding hydrogens is 333 g/mol. The number of ether oxygens (including phenoxy) is 2. The van der Waals surface area contributed by atoms with Gasteiger partial charge in [0.2, 0.25) is 5.91 Å². The highest BCUT2D eigenvalue weighted by Crippen LogP contribution is 2.41. The lowest BCUT2D eigenvalue weighted by atomic mass is 9.89. The van der Waals surface area contributed by atoms with E-state index < -0.39 is 0 Å². The van der Waals surface area contributed by atoms with Crippen molar-refractivity contribution in [1.29, 1.82) is 0 Å².